The lowest BCUT2D eigenvalue weighted by Crippen LogP contribution is -2.41. The first-order chi connectivity index (χ1) is 7.73. The number of aromatic nitrogens is 1. The molecule has 2 heterocycles. The van der Waals surface area contributed by atoms with E-state index in [-0.39, 0.29) is 5.59 Å². The molecule has 3 nitrogen and oxygen atoms in total. The van der Waals surface area contributed by atoms with Crippen molar-refractivity contribution < 1.29 is 18.1 Å². The van der Waals surface area contributed by atoms with Gasteiger partial charge in [0.15, 0.2) is 5.82 Å². The zero-order chi connectivity index (χ0) is 12.8. The van der Waals surface area contributed by atoms with Crippen LogP contribution in [-0.4, -0.2) is 23.3 Å². The van der Waals surface area contributed by atoms with Crippen molar-refractivity contribution in [1.82, 2.24) is 4.98 Å². The van der Waals surface area contributed by atoms with Gasteiger partial charge in [0.1, 0.15) is 0 Å². The summed E-state index contributed by atoms with van der Waals surface area (Å²) in [5.41, 5.74) is -0.809. The molecule has 1 aliphatic rings. The number of nitrogens with zero attached hydrogens (tertiary/aromatic N) is 1. The van der Waals surface area contributed by atoms with E-state index in [2.05, 4.69) is 4.98 Å². The molecular weight excluding hydrogens is 227 g/mol. The van der Waals surface area contributed by atoms with E-state index < -0.39 is 30.1 Å². The third-order valence-electron chi connectivity index (χ3n) is 3.32. The lowest BCUT2D eigenvalue weighted by molar-refractivity contribution is 0.00578. The highest BCUT2D eigenvalue weighted by Crippen LogP contribution is 2.36. The van der Waals surface area contributed by atoms with Crippen molar-refractivity contribution in [3.8, 4) is 0 Å². The van der Waals surface area contributed by atoms with Crippen molar-refractivity contribution in [3.63, 3.8) is 0 Å². The first kappa shape index (κ1) is 12.5. The fourth-order valence-electron chi connectivity index (χ4n) is 1.53. The Hall–Kier alpha value is -1.01. The van der Waals surface area contributed by atoms with E-state index >= 15 is 0 Å². The highest BCUT2D eigenvalue weighted by molar-refractivity contribution is 6.61. The summed E-state index contributed by atoms with van der Waals surface area (Å²) >= 11 is 0. The monoisotopic (exact) mass is 241 g/mol. The third-order valence-corrected chi connectivity index (χ3v) is 3.32. The van der Waals surface area contributed by atoms with E-state index in [0.29, 0.717) is 0 Å². The van der Waals surface area contributed by atoms with Crippen molar-refractivity contribution in [3.05, 3.63) is 23.9 Å². The molecule has 0 unspecified atom stereocenters. The summed E-state index contributed by atoms with van der Waals surface area (Å²) in [6.45, 7) is 7.53. The second-order valence-corrected chi connectivity index (χ2v) is 5.10. The van der Waals surface area contributed by atoms with Gasteiger partial charge in [-0.05, 0) is 39.8 Å². The molecule has 1 fully saturated rings. The molecular formula is C11H14BF2NO2. The Balaban J connectivity index is 2.29. The van der Waals surface area contributed by atoms with Crippen molar-refractivity contribution in [2.75, 3.05) is 0 Å². The van der Waals surface area contributed by atoms with Crippen LogP contribution in [0, 0.1) is 11.8 Å². The Morgan fingerprint density at radius 3 is 2.06 bits per heavy atom. The van der Waals surface area contributed by atoms with Crippen LogP contribution in [0.4, 0.5) is 8.78 Å². The molecule has 0 aromatic carbocycles. The number of hydrogen-bond donors (Lipinski definition) is 0. The maximum absolute atomic E-state index is 13.0. The molecule has 1 aromatic rings. The molecule has 0 aliphatic carbocycles. The molecule has 0 N–H and O–H groups in total. The van der Waals surface area contributed by atoms with Crippen LogP contribution in [0.1, 0.15) is 27.7 Å². The van der Waals surface area contributed by atoms with E-state index in [0.717, 1.165) is 6.07 Å². The molecule has 17 heavy (non-hydrogen) atoms. The van der Waals surface area contributed by atoms with Gasteiger partial charge in [-0.2, -0.15) is 4.39 Å². The summed E-state index contributed by atoms with van der Waals surface area (Å²) in [4.78, 5) is 3.49. The van der Waals surface area contributed by atoms with Crippen LogP contribution in [-0.2, 0) is 9.31 Å². The van der Waals surface area contributed by atoms with Gasteiger partial charge in [0.2, 0.25) is 5.95 Å². The first-order valence-corrected chi connectivity index (χ1v) is 5.40. The average molecular weight is 241 g/mol. The van der Waals surface area contributed by atoms with Gasteiger partial charge in [-0.25, -0.2) is 9.37 Å². The van der Waals surface area contributed by atoms with E-state index in [1.807, 2.05) is 27.7 Å². The summed E-state index contributed by atoms with van der Waals surface area (Å²) in [6.07, 6.45) is 0. The van der Waals surface area contributed by atoms with Gasteiger partial charge in [0, 0.05) is 0 Å². The van der Waals surface area contributed by atoms with Gasteiger partial charge in [0.25, 0.3) is 0 Å². The Kier molecular flexibility index (Phi) is 2.74. The summed E-state index contributed by atoms with van der Waals surface area (Å²) in [5, 5.41) is 0. The second-order valence-electron chi connectivity index (χ2n) is 5.10. The van der Waals surface area contributed by atoms with Crippen LogP contribution < -0.4 is 5.59 Å². The van der Waals surface area contributed by atoms with Gasteiger partial charge in [-0.3, -0.25) is 0 Å². The van der Waals surface area contributed by atoms with Crippen LogP contribution >= 0.6 is 0 Å². The molecule has 0 atom stereocenters. The van der Waals surface area contributed by atoms with Crippen LogP contribution in [0.2, 0.25) is 0 Å². The number of rotatable bonds is 1. The lowest BCUT2D eigenvalue weighted by atomic mass is 9.84. The standard InChI is InChI=1S/C11H14BF2NO2/c1-10(2)11(3,4)17-12(16-10)8-6-5-7(13)9(14)15-8/h5-6H,1-4H3. The molecule has 0 amide bonds. The fraction of sp³-hybridized carbons (Fsp3) is 0.545. The zero-order valence-electron chi connectivity index (χ0n) is 10.3. The highest BCUT2D eigenvalue weighted by Gasteiger charge is 2.52. The average Bonchev–Trinajstić information content (AvgIpc) is 2.41. The number of hydrogen-bond acceptors (Lipinski definition) is 3. The number of pyridine rings is 1. The predicted molar refractivity (Wildman–Crippen MR) is 59.9 cm³/mol. The normalized spacial score (nSPS) is 21.9. The SMILES string of the molecule is CC1(C)OB(c2ccc(F)c(F)n2)OC1(C)C. The minimum atomic E-state index is -1.14. The molecule has 92 valence electrons. The summed E-state index contributed by atoms with van der Waals surface area (Å²) in [7, 11) is -0.768. The quantitative estimate of drug-likeness (QED) is 0.553. The third kappa shape index (κ3) is 2.07. The molecule has 2 rings (SSSR count). The second kappa shape index (κ2) is 3.75. The predicted octanol–water partition coefficient (Wildman–Crippen LogP) is 1.66. The fourth-order valence-corrected chi connectivity index (χ4v) is 1.53. The smallest absolute Gasteiger partial charge is 0.398 e. The molecule has 0 saturated carbocycles. The molecule has 1 aromatic heterocycles. The summed E-state index contributed by atoms with van der Waals surface area (Å²) < 4.78 is 37.1. The van der Waals surface area contributed by atoms with Gasteiger partial charge < -0.3 is 9.31 Å². The minimum Gasteiger partial charge on any atom is -0.398 e. The molecule has 1 saturated heterocycles. The molecule has 0 spiro atoms. The van der Waals surface area contributed by atoms with Crippen molar-refractivity contribution in [2.45, 2.75) is 38.9 Å². The van der Waals surface area contributed by atoms with Crippen molar-refractivity contribution in [1.29, 1.82) is 0 Å². The Morgan fingerprint density at radius 1 is 1.06 bits per heavy atom. The van der Waals surface area contributed by atoms with Gasteiger partial charge >= 0.3 is 7.12 Å². The van der Waals surface area contributed by atoms with Crippen LogP contribution in [0.25, 0.3) is 0 Å². The molecule has 0 radical (unpaired) electrons. The van der Waals surface area contributed by atoms with Gasteiger partial charge in [-0.1, -0.05) is 0 Å². The molecule has 0 bridgehead atoms. The lowest BCUT2D eigenvalue weighted by Gasteiger charge is -2.32. The van der Waals surface area contributed by atoms with E-state index in [1.54, 1.807) is 0 Å². The van der Waals surface area contributed by atoms with Crippen molar-refractivity contribution >= 4 is 12.7 Å². The summed E-state index contributed by atoms with van der Waals surface area (Å²) in [5.74, 6) is -2.12. The topological polar surface area (TPSA) is 31.4 Å². The van der Waals surface area contributed by atoms with Crippen LogP contribution in [0.5, 0.6) is 0 Å². The Labute approximate surface area is 99.3 Å². The van der Waals surface area contributed by atoms with E-state index in [4.69, 9.17) is 9.31 Å². The maximum atomic E-state index is 13.0. The maximum Gasteiger partial charge on any atom is 0.514 e. The van der Waals surface area contributed by atoms with Crippen LogP contribution in [0.3, 0.4) is 0 Å². The Bertz CT molecular complexity index is 435. The highest BCUT2D eigenvalue weighted by atomic mass is 19.2. The largest absolute Gasteiger partial charge is 0.514 e. The van der Waals surface area contributed by atoms with Gasteiger partial charge in [-0.15, -0.1) is 0 Å². The van der Waals surface area contributed by atoms with E-state index in [9.17, 15) is 8.78 Å². The summed E-state index contributed by atoms with van der Waals surface area (Å²) in [6, 6.07) is 2.38. The van der Waals surface area contributed by atoms with Crippen molar-refractivity contribution in [2.24, 2.45) is 0 Å². The van der Waals surface area contributed by atoms with Gasteiger partial charge in [0.05, 0.1) is 16.8 Å². The minimum absolute atomic E-state index is 0.238. The Morgan fingerprint density at radius 2 is 1.59 bits per heavy atom. The number of halogens is 2. The first-order valence-electron chi connectivity index (χ1n) is 5.40. The zero-order valence-corrected chi connectivity index (χ0v) is 10.3. The van der Waals surface area contributed by atoms with Crippen LogP contribution in [0.15, 0.2) is 12.1 Å². The molecule has 6 heteroatoms. The van der Waals surface area contributed by atoms with E-state index in [1.165, 1.54) is 6.07 Å². The molecule has 1 aliphatic heterocycles.